The molecule has 0 spiro atoms. The van der Waals surface area contributed by atoms with Gasteiger partial charge in [-0.25, -0.2) is 9.59 Å². The zero-order valence-electron chi connectivity index (χ0n) is 25.8. The topological polar surface area (TPSA) is 144 Å². The molecule has 2 aliphatic rings. The zero-order chi connectivity index (χ0) is 31.4. The number of nitrogens with one attached hydrogen (secondary N) is 2. The van der Waals surface area contributed by atoms with Crippen LogP contribution in [0.3, 0.4) is 0 Å². The molecule has 12 heteroatoms. The van der Waals surface area contributed by atoms with Crippen LogP contribution in [0.15, 0.2) is 30.3 Å². The molecule has 0 aromatic heterocycles. The molecule has 12 nitrogen and oxygen atoms in total. The van der Waals surface area contributed by atoms with Gasteiger partial charge in [-0.05, 0) is 64.4 Å². The fraction of sp³-hybridized carbons (Fsp3) is 0.645. The second-order valence-electron chi connectivity index (χ2n) is 12.2. The van der Waals surface area contributed by atoms with Crippen LogP contribution in [0.25, 0.3) is 0 Å². The summed E-state index contributed by atoms with van der Waals surface area (Å²) in [5.41, 5.74) is 0.175. The number of esters is 1. The Kier molecular flexibility index (Phi) is 12.6. The lowest BCUT2D eigenvalue weighted by molar-refractivity contribution is -0.143. The minimum Gasteiger partial charge on any atom is -0.469 e. The molecule has 2 heterocycles. The van der Waals surface area contributed by atoms with E-state index in [2.05, 4.69) is 15.4 Å². The number of rotatable bonds is 10. The van der Waals surface area contributed by atoms with Crippen molar-refractivity contribution in [1.29, 1.82) is 0 Å². The number of methoxy groups -OCH3 is 1. The van der Waals surface area contributed by atoms with Crippen molar-refractivity contribution in [3.8, 4) is 0 Å². The molecule has 4 amide bonds. The van der Waals surface area contributed by atoms with E-state index in [1.807, 2.05) is 30.3 Å². The van der Waals surface area contributed by atoms with Crippen LogP contribution < -0.4 is 10.6 Å². The average molecular weight is 603 g/mol. The molecule has 0 radical (unpaired) electrons. The number of nitrogens with zero attached hydrogens (tertiary/aromatic N) is 2. The maximum atomic E-state index is 13.1. The van der Waals surface area contributed by atoms with Crippen LogP contribution in [0, 0.1) is 5.92 Å². The molecule has 2 aliphatic heterocycles. The van der Waals surface area contributed by atoms with Gasteiger partial charge < -0.3 is 34.6 Å². The number of likely N-dealkylation sites (tertiary alicyclic amines) is 2. The SMILES string of the molecule is COC(=O)CC(NC(=O)OC(C)(C)C)C(=O)NC1CCCN(C(=O)CCC2CCN(C(=O)OCc3ccccc3)CC2)C1. The molecule has 2 atom stereocenters. The van der Waals surface area contributed by atoms with Crippen LogP contribution in [-0.4, -0.2) is 90.7 Å². The Morgan fingerprint density at radius 3 is 2.33 bits per heavy atom. The Morgan fingerprint density at radius 2 is 1.67 bits per heavy atom. The number of hydrogen-bond acceptors (Lipinski definition) is 8. The Hall–Kier alpha value is -3.83. The normalized spacial score (nSPS) is 18.3. The number of hydrogen-bond donors (Lipinski definition) is 2. The van der Waals surface area contributed by atoms with Crippen molar-refractivity contribution in [1.82, 2.24) is 20.4 Å². The van der Waals surface area contributed by atoms with Gasteiger partial charge in [0.1, 0.15) is 18.2 Å². The average Bonchev–Trinajstić information content (AvgIpc) is 2.98. The Balaban J connectivity index is 1.41. The molecule has 2 unspecified atom stereocenters. The molecule has 3 rings (SSSR count). The molecule has 2 N–H and O–H groups in total. The van der Waals surface area contributed by atoms with Gasteiger partial charge in [-0.3, -0.25) is 14.4 Å². The van der Waals surface area contributed by atoms with Gasteiger partial charge in [-0.1, -0.05) is 30.3 Å². The van der Waals surface area contributed by atoms with Gasteiger partial charge >= 0.3 is 18.2 Å². The van der Waals surface area contributed by atoms with Crippen LogP contribution >= 0.6 is 0 Å². The largest absolute Gasteiger partial charge is 0.469 e. The van der Waals surface area contributed by atoms with Gasteiger partial charge in [0.15, 0.2) is 0 Å². The Labute approximate surface area is 253 Å². The Morgan fingerprint density at radius 1 is 0.977 bits per heavy atom. The zero-order valence-corrected chi connectivity index (χ0v) is 25.8. The monoisotopic (exact) mass is 602 g/mol. The van der Waals surface area contributed by atoms with E-state index in [4.69, 9.17) is 9.47 Å². The highest BCUT2D eigenvalue weighted by Crippen LogP contribution is 2.24. The summed E-state index contributed by atoms with van der Waals surface area (Å²) in [6.45, 7) is 7.51. The third-order valence-corrected chi connectivity index (χ3v) is 7.57. The molecule has 238 valence electrons. The van der Waals surface area contributed by atoms with E-state index in [9.17, 15) is 24.0 Å². The van der Waals surface area contributed by atoms with Crippen molar-refractivity contribution in [2.75, 3.05) is 33.3 Å². The first-order valence-corrected chi connectivity index (χ1v) is 15.0. The smallest absolute Gasteiger partial charge is 0.410 e. The lowest BCUT2D eigenvalue weighted by atomic mass is 9.92. The lowest BCUT2D eigenvalue weighted by Crippen LogP contribution is -2.55. The third-order valence-electron chi connectivity index (χ3n) is 7.57. The van der Waals surface area contributed by atoms with E-state index in [1.54, 1.807) is 30.6 Å². The fourth-order valence-corrected chi connectivity index (χ4v) is 5.23. The number of alkyl carbamates (subject to hydrolysis) is 1. The molecular weight excluding hydrogens is 556 g/mol. The van der Waals surface area contributed by atoms with E-state index in [-0.39, 0.29) is 31.1 Å². The summed E-state index contributed by atoms with van der Waals surface area (Å²) in [7, 11) is 1.21. The minimum atomic E-state index is -1.17. The highest BCUT2D eigenvalue weighted by molar-refractivity contribution is 5.89. The van der Waals surface area contributed by atoms with Crippen molar-refractivity contribution in [3.63, 3.8) is 0 Å². The van der Waals surface area contributed by atoms with Gasteiger partial charge in [0.2, 0.25) is 11.8 Å². The highest BCUT2D eigenvalue weighted by Gasteiger charge is 2.31. The Bertz CT molecular complexity index is 1100. The molecule has 1 aromatic carbocycles. The van der Waals surface area contributed by atoms with Crippen LogP contribution in [0.1, 0.15) is 71.3 Å². The van der Waals surface area contributed by atoms with E-state index in [0.717, 1.165) is 31.2 Å². The van der Waals surface area contributed by atoms with Crippen molar-refractivity contribution >= 4 is 30.0 Å². The van der Waals surface area contributed by atoms with Gasteiger partial charge in [0.05, 0.1) is 13.5 Å². The number of amides is 4. The molecule has 0 aliphatic carbocycles. The maximum Gasteiger partial charge on any atom is 0.410 e. The summed E-state index contributed by atoms with van der Waals surface area (Å²) in [6.07, 6.45) is 2.70. The lowest BCUT2D eigenvalue weighted by Gasteiger charge is -2.35. The number of benzene rings is 1. The molecule has 43 heavy (non-hydrogen) atoms. The van der Waals surface area contributed by atoms with E-state index in [1.165, 1.54) is 7.11 Å². The number of carbonyl (C=O) groups is 5. The van der Waals surface area contributed by atoms with Gasteiger partial charge in [0.25, 0.3) is 0 Å². The summed E-state index contributed by atoms with van der Waals surface area (Å²) in [5, 5.41) is 5.34. The number of ether oxygens (including phenoxy) is 3. The summed E-state index contributed by atoms with van der Waals surface area (Å²) in [6, 6.07) is 8.09. The molecule has 0 bridgehead atoms. The van der Waals surface area contributed by atoms with Crippen LogP contribution in [0.4, 0.5) is 9.59 Å². The second kappa shape index (κ2) is 16.1. The van der Waals surface area contributed by atoms with Crippen molar-refractivity contribution < 1.29 is 38.2 Å². The molecular formula is C31H46N4O8. The molecule has 2 fully saturated rings. The van der Waals surface area contributed by atoms with E-state index >= 15 is 0 Å². The summed E-state index contributed by atoms with van der Waals surface area (Å²) >= 11 is 0. The van der Waals surface area contributed by atoms with Gasteiger partial charge in [0, 0.05) is 38.6 Å². The number of piperidine rings is 2. The van der Waals surface area contributed by atoms with E-state index < -0.39 is 29.6 Å². The first kappa shape index (κ1) is 33.7. The second-order valence-corrected chi connectivity index (χ2v) is 12.2. The molecule has 2 saturated heterocycles. The van der Waals surface area contributed by atoms with Crippen LogP contribution in [0.5, 0.6) is 0 Å². The van der Waals surface area contributed by atoms with Gasteiger partial charge in [-0.15, -0.1) is 0 Å². The predicted molar refractivity (Wildman–Crippen MR) is 158 cm³/mol. The van der Waals surface area contributed by atoms with Crippen molar-refractivity contribution in [2.45, 2.75) is 90.0 Å². The summed E-state index contributed by atoms with van der Waals surface area (Å²) in [4.78, 5) is 66.2. The maximum absolute atomic E-state index is 13.1. The van der Waals surface area contributed by atoms with Crippen LogP contribution in [0.2, 0.25) is 0 Å². The molecule has 1 aromatic rings. The van der Waals surface area contributed by atoms with Crippen LogP contribution in [-0.2, 0) is 35.2 Å². The van der Waals surface area contributed by atoms with Gasteiger partial charge in [-0.2, -0.15) is 0 Å². The highest BCUT2D eigenvalue weighted by atomic mass is 16.6. The first-order valence-electron chi connectivity index (χ1n) is 15.0. The van der Waals surface area contributed by atoms with E-state index in [0.29, 0.717) is 44.9 Å². The van der Waals surface area contributed by atoms with Crippen molar-refractivity contribution in [2.24, 2.45) is 5.92 Å². The fourth-order valence-electron chi connectivity index (χ4n) is 5.23. The van der Waals surface area contributed by atoms with Crippen molar-refractivity contribution in [3.05, 3.63) is 35.9 Å². The number of carbonyl (C=O) groups excluding carboxylic acids is 5. The summed E-state index contributed by atoms with van der Waals surface area (Å²) < 4.78 is 15.4. The predicted octanol–water partition coefficient (Wildman–Crippen LogP) is 3.38. The first-order chi connectivity index (χ1) is 20.4. The quantitative estimate of drug-likeness (QED) is 0.307. The summed E-state index contributed by atoms with van der Waals surface area (Å²) in [5.74, 6) is -0.807. The minimum absolute atomic E-state index is 0.0293. The third kappa shape index (κ3) is 11.8. The standard InChI is InChI=1S/C31H46N4O8/c1-31(2,3)43-29(39)33-25(19-27(37)41-4)28(38)32-24-11-8-16-35(20-24)26(36)13-12-22-14-17-34(18-15-22)30(40)42-21-23-9-6-5-7-10-23/h5-7,9-10,22,24-25H,8,11-21H2,1-4H3,(H,32,38)(H,33,39). The molecule has 0 saturated carbocycles.